The highest BCUT2D eigenvalue weighted by Crippen LogP contribution is 2.39. The third-order valence-corrected chi connectivity index (χ3v) is 5.96. The molecule has 2 aromatic heterocycles. The number of sulfone groups is 1. The largest absolute Gasteiger partial charge is 0.364 e. The van der Waals surface area contributed by atoms with Gasteiger partial charge in [0.25, 0.3) is 5.91 Å². The van der Waals surface area contributed by atoms with Crippen molar-refractivity contribution >= 4 is 21.3 Å². The lowest BCUT2D eigenvalue weighted by Crippen LogP contribution is -2.36. The molecule has 1 amide bonds. The highest BCUT2D eigenvalue weighted by molar-refractivity contribution is 7.91. The van der Waals surface area contributed by atoms with Crippen molar-refractivity contribution < 1.29 is 13.2 Å². The van der Waals surface area contributed by atoms with E-state index in [9.17, 15) is 13.2 Å². The molecule has 1 aliphatic heterocycles. The van der Waals surface area contributed by atoms with Crippen LogP contribution in [0.2, 0.25) is 0 Å². The van der Waals surface area contributed by atoms with Crippen LogP contribution in [0.25, 0.3) is 5.52 Å². The quantitative estimate of drug-likeness (QED) is 0.891. The minimum atomic E-state index is -2.97. The number of nitrogens with zero attached hydrogens (tertiary/aromatic N) is 2. The molecule has 3 heterocycles. The standard InChI is InChI=1S/C14H17N3O3S/c1-14(5-8-21(19,20)9-6-14)11-10-4-2-3-7-17(10)16-12(11)13(15)18/h2-4,7H,5-6,8-9H2,1H3,(H2,15,18). The summed E-state index contributed by atoms with van der Waals surface area (Å²) < 4.78 is 25.0. The van der Waals surface area contributed by atoms with Gasteiger partial charge in [0.15, 0.2) is 5.69 Å². The maximum atomic E-state index is 11.7. The van der Waals surface area contributed by atoms with Crippen LogP contribution in [-0.4, -0.2) is 35.4 Å². The number of amides is 1. The van der Waals surface area contributed by atoms with Crippen molar-refractivity contribution in [1.82, 2.24) is 9.61 Å². The first-order chi connectivity index (χ1) is 9.82. The summed E-state index contributed by atoms with van der Waals surface area (Å²) in [5.41, 5.74) is 6.88. The molecule has 0 spiro atoms. The number of pyridine rings is 1. The maximum absolute atomic E-state index is 11.7. The van der Waals surface area contributed by atoms with E-state index in [-0.39, 0.29) is 17.2 Å². The molecular weight excluding hydrogens is 290 g/mol. The van der Waals surface area contributed by atoms with Gasteiger partial charge < -0.3 is 5.73 Å². The summed E-state index contributed by atoms with van der Waals surface area (Å²) in [6.07, 6.45) is 2.71. The summed E-state index contributed by atoms with van der Waals surface area (Å²) in [5, 5.41) is 4.26. The van der Waals surface area contributed by atoms with Crippen LogP contribution in [0.1, 0.15) is 35.8 Å². The van der Waals surface area contributed by atoms with E-state index < -0.39 is 21.2 Å². The highest BCUT2D eigenvalue weighted by atomic mass is 32.2. The Labute approximate surface area is 122 Å². The summed E-state index contributed by atoms with van der Waals surface area (Å²) in [6, 6.07) is 5.57. The third-order valence-electron chi connectivity index (χ3n) is 4.31. The molecule has 21 heavy (non-hydrogen) atoms. The number of primary amides is 1. The molecule has 2 aromatic rings. The van der Waals surface area contributed by atoms with E-state index in [4.69, 9.17) is 5.73 Å². The zero-order valence-electron chi connectivity index (χ0n) is 11.7. The molecule has 0 aliphatic carbocycles. The Morgan fingerprint density at radius 2 is 2.00 bits per heavy atom. The van der Waals surface area contributed by atoms with Crippen LogP contribution >= 0.6 is 0 Å². The van der Waals surface area contributed by atoms with Gasteiger partial charge in [-0.15, -0.1) is 0 Å². The fourth-order valence-electron chi connectivity index (χ4n) is 3.00. The van der Waals surface area contributed by atoms with Crippen molar-refractivity contribution in [1.29, 1.82) is 0 Å². The van der Waals surface area contributed by atoms with Crippen LogP contribution in [0.15, 0.2) is 24.4 Å². The Kier molecular flexibility index (Phi) is 3.05. The fraction of sp³-hybridized carbons (Fsp3) is 0.429. The molecule has 1 aliphatic rings. The Hall–Kier alpha value is -1.89. The summed E-state index contributed by atoms with van der Waals surface area (Å²) in [7, 11) is -2.97. The molecule has 0 unspecified atom stereocenters. The average Bonchev–Trinajstić information content (AvgIpc) is 2.83. The molecule has 2 N–H and O–H groups in total. The third kappa shape index (κ3) is 2.31. The van der Waals surface area contributed by atoms with Gasteiger partial charge >= 0.3 is 0 Å². The Morgan fingerprint density at radius 1 is 1.33 bits per heavy atom. The van der Waals surface area contributed by atoms with Gasteiger partial charge in [0, 0.05) is 11.8 Å². The van der Waals surface area contributed by atoms with Crippen molar-refractivity contribution in [3.63, 3.8) is 0 Å². The van der Waals surface area contributed by atoms with E-state index in [1.54, 1.807) is 10.7 Å². The molecule has 1 fully saturated rings. The van der Waals surface area contributed by atoms with Gasteiger partial charge in [-0.2, -0.15) is 5.10 Å². The molecular formula is C14H17N3O3S. The lowest BCUT2D eigenvalue weighted by molar-refractivity contribution is 0.0992. The average molecular weight is 307 g/mol. The number of aromatic nitrogens is 2. The lowest BCUT2D eigenvalue weighted by atomic mass is 9.76. The molecule has 0 aromatic carbocycles. The summed E-state index contributed by atoms with van der Waals surface area (Å²) in [6.45, 7) is 1.98. The Balaban J connectivity index is 2.19. The van der Waals surface area contributed by atoms with E-state index in [2.05, 4.69) is 5.10 Å². The summed E-state index contributed by atoms with van der Waals surface area (Å²) in [4.78, 5) is 11.7. The first-order valence-corrected chi connectivity index (χ1v) is 8.63. The van der Waals surface area contributed by atoms with E-state index in [1.807, 2.05) is 25.1 Å². The molecule has 0 bridgehead atoms. The topological polar surface area (TPSA) is 94.5 Å². The summed E-state index contributed by atoms with van der Waals surface area (Å²) in [5.74, 6) is -0.319. The molecule has 112 valence electrons. The number of hydrogen-bond acceptors (Lipinski definition) is 4. The molecule has 0 atom stereocenters. The maximum Gasteiger partial charge on any atom is 0.269 e. The second kappa shape index (κ2) is 4.56. The van der Waals surface area contributed by atoms with Crippen LogP contribution in [-0.2, 0) is 15.3 Å². The number of nitrogens with two attached hydrogens (primary N) is 1. The van der Waals surface area contributed by atoms with Crippen molar-refractivity contribution in [2.24, 2.45) is 5.73 Å². The minimum absolute atomic E-state index is 0.131. The van der Waals surface area contributed by atoms with Gasteiger partial charge in [-0.1, -0.05) is 13.0 Å². The summed E-state index contributed by atoms with van der Waals surface area (Å²) >= 11 is 0. The Morgan fingerprint density at radius 3 is 2.62 bits per heavy atom. The zero-order chi connectivity index (χ0) is 15.3. The normalized spacial score (nSPS) is 20.4. The number of carbonyl (C=O) groups is 1. The molecule has 6 nitrogen and oxygen atoms in total. The minimum Gasteiger partial charge on any atom is -0.364 e. The monoisotopic (exact) mass is 307 g/mol. The van der Waals surface area contributed by atoms with E-state index in [0.717, 1.165) is 11.1 Å². The lowest BCUT2D eigenvalue weighted by Gasteiger charge is -2.33. The van der Waals surface area contributed by atoms with Crippen LogP contribution in [0, 0.1) is 0 Å². The predicted octanol–water partition coefficient (Wildman–Crippen LogP) is 0.899. The van der Waals surface area contributed by atoms with Crippen molar-refractivity contribution in [3.05, 3.63) is 35.7 Å². The van der Waals surface area contributed by atoms with Gasteiger partial charge in [-0.3, -0.25) is 4.79 Å². The second-order valence-corrected chi connectivity index (χ2v) is 8.13. The molecule has 7 heteroatoms. The molecule has 1 saturated heterocycles. The van der Waals surface area contributed by atoms with Crippen molar-refractivity contribution in [2.75, 3.05) is 11.5 Å². The van der Waals surface area contributed by atoms with Crippen LogP contribution < -0.4 is 5.73 Å². The first kappa shape index (κ1) is 14.1. The highest BCUT2D eigenvalue weighted by Gasteiger charge is 2.39. The number of fused-ring (bicyclic) bond motifs is 1. The van der Waals surface area contributed by atoms with Gasteiger partial charge in [0.2, 0.25) is 0 Å². The zero-order valence-corrected chi connectivity index (χ0v) is 12.6. The second-order valence-electron chi connectivity index (χ2n) is 5.83. The smallest absolute Gasteiger partial charge is 0.269 e. The number of hydrogen-bond donors (Lipinski definition) is 1. The predicted molar refractivity (Wildman–Crippen MR) is 78.9 cm³/mol. The molecule has 0 saturated carbocycles. The Bertz CT molecular complexity index is 809. The van der Waals surface area contributed by atoms with Gasteiger partial charge in [-0.05, 0) is 30.4 Å². The number of carbonyl (C=O) groups excluding carboxylic acids is 1. The van der Waals surface area contributed by atoms with Gasteiger partial charge in [0.05, 0.1) is 17.0 Å². The molecule has 0 radical (unpaired) electrons. The van der Waals surface area contributed by atoms with Crippen LogP contribution in [0.4, 0.5) is 0 Å². The van der Waals surface area contributed by atoms with Crippen LogP contribution in [0.5, 0.6) is 0 Å². The van der Waals surface area contributed by atoms with E-state index in [0.29, 0.717) is 12.8 Å². The van der Waals surface area contributed by atoms with E-state index >= 15 is 0 Å². The molecule has 3 rings (SSSR count). The van der Waals surface area contributed by atoms with Crippen molar-refractivity contribution in [2.45, 2.75) is 25.2 Å². The van der Waals surface area contributed by atoms with Gasteiger partial charge in [-0.25, -0.2) is 12.9 Å². The first-order valence-electron chi connectivity index (χ1n) is 6.80. The fourth-order valence-corrected chi connectivity index (χ4v) is 4.73. The SMILES string of the molecule is CC1(c2c(C(N)=O)nn3ccccc23)CCS(=O)(=O)CC1. The van der Waals surface area contributed by atoms with Crippen molar-refractivity contribution in [3.8, 4) is 0 Å². The number of rotatable bonds is 2. The van der Waals surface area contributed by atoms with Gasteiger partial charge in [0.1, 0.15) is 9.84 Å². The van der Waals surface area contributed by atoms with E-state index in [1.165, 1.54) is 0 Å². The van der Waals surface area contributed by atoms with Crippen LogP contribution in [0.3, 0.4) is 0 Å².